The van der Waals surface area contributed by atoms with Gasteiger partial charge >= 0.3 is 0 Å². The highest BCUT2D eigenvalue weighted by Gasteiger charge is 2.44. The minimum Gasteiger partial charge on any atom is -0.396 e. The van der Waals surface area contributed by atoms with Gasteiger partial charge in [-0.05, 0) is 29.9 Å². The van der Waals surface area contributed by atoms with Crippen LogP contribution in [0.3, 0.4) is 0 Å². The molecule has 1 saturated heterocycles. The zero-order valence-corrected chi connectivity index (χ0v) is 23.2. The molecule has 2 heterocycles. The van der Waals surface area contributed by atoms with E-state index in [1.54, 1.807) is 11.3 Å². The first kappa shape index (κ1) is 29.7. The number of aliphatic hydroxyl groups excluding tert-OH is 2. The molecule has 10 nitrogen and oxygen atoms in total. The molecule has 1 aliphatic rings. The minimum absolute atomic E-state index is 0.00919. The standard InChI is InChI=1S/C27H38N4O6S/c1-17-23(38-16-29-17)19-8-6-18(7-9-19)13-28-25(35)21-12-20(33)14-31(21)26(36)24(27(2,3)4)30-22(34)15-37-11-5-10-32/h6-9,16,20-21,24,32-33H,5,10-15H2,1-4H3,(H,28,35)(H,30,34). The van der Waals surface area contributed by atoms with Gasteiger partial charge in [-0.1, -0.05) is 45.0 Å². The Morgan fingerprint density at radius 2 is 1.95 bits per heavy atom. The number of ether oxygens (including phenoxy) is 1. The fourth-order valence-electron chi connectivity index (χ4n) is 4.31. The summed E-state index contributed by atoms with van der Waals surface area (Å²) in [6.45, 7) is 7.66. The van der Waals surface area contributed by atoms with E-state index in [2.05, 4.69) is 15.6 Å². The summed E-state index contributed by atoms with van der Waals surface area (Å²) < 4.78 is 5.24. The summed E-state index contributed by atoms with van der Waals surface area (Å²) >= 11 is 1.58. The number of aryl methyl sites for hydroxylation is 1. The summed E-state index contributed by atoms with van der Waals surface area (Å²) in [7, 11) is 0. The predicted molar refractivity (Wildman–Crippen MR) is 144 cm³/mol. The largest absolute Gasteiger partial charge is 0.396 e. The first-order chi connectivity index (χ1) is 18.0. The maximum Gasteiger partial charge on any atom is 0.246 e. The fourth-order valence-corrected chi connectivity index (χ4v) is 5.13. The Morgan fingerprint density at radius 3 is 2.55 bits per heavy atom. The normalized spacial score (nSPS) is 18.3. The molecule has 3 rings (SSSR count). The van der Waals surface area contributed by atoms with E-state index in [1.165, 1.54) is 4.90 Å². The van der Waals surface area contributed by atoms with E-state index in [0.717, 1.165) is 21.7 Å². The number of β-amino-alcohol motifs (C(OH)–C–C–N with tert-alkyl or cyclic N) is 1. The maximum atomic E-state index is 13.6. The first-order valence-corrected chi connectivity index (χ1v) is 13.6. The lowest BCUT2D eigenvalue weighted by atomic mass is 9.85. The van der Waals surface area contributed by atoms with Gasteiger partial charge in [-0.25, -0.2) is 4.98 Å². The van der Waals surface area contributed by atoms with Crippen LogP contribution in [0, 0.1) is 12.3 Å². The molecule has 0 aliphatic carbocycles. The summed E-state index contributed by atoms with van der Waals surface area (Å²) in [6, 6.07) is 6.09. The van der Waals surface area contributed by atoms with Crippen molar-refractivity contribution in [2.45, 2.75) is 65.3 Å². The second-order valence-corrected chi connectivity index (χ2v) is 11.4. The van der Waals surface area contributed by atoms with Crippen LogP contribution in [0.4, 0.5) is 0 Å². The van der Waals surface area contributed by atoms with Gasteiger partial charge in [-0.2, -0.15) is 0 Å². The Hall–Kier alpha value is -2.86. The van der Waals surface area contributed by atoms with Crippen LogP contribution in [0.25, 0.3) is 10.4 Å². The van der Waals surface area contributed by atoms with Gasteiger partial charge in [0.05, 0.1) is 22.2 Å². The third kappa shape index (κ3) is 7.83. The van der Waals surface area contributed by atoms with Crippen LogP contribution in [-0.2, 0) is 25.7 Å². The molecule has 1 aromatic heterocycles. The van der Waals surface area contributed by atoms with Crippen LogP contribution >= 0.6 is 11.3 Å². The SMILES string of the molecule is Cc1ncsc1-c1ccc(CNC(=O)C2CC(O)CN2C(=O)C(NC(=O)COCCCO)C(C)(C)C)cc1. The number of nitrogens with zero attached hydrogens (tertiary/aromatic N) is 2. The molecule has 0 saturated carbocycles. The molecule has 3 amide bonds. The molecule has 1 aromatic carbocycles. The molecule has 1 fully saturated rings. The number of carbonyl (C=O) groups excluding carboxylic acids is 3. The van der Waals surface area contributed by atoms with Gasteiger partial charge in [0.25, 0.3) is 0 Å². The minimum atomic E-state index is -0.917. The average molecular weight is 547 g/mol. The van der Waals surface area contributed by atoms with Crippen molar-refractivity contribution in [1.82, 2.24) is 20.5 Å². The number of likely N-dealkylation sites (tertiary alicyclic amines) is 1. The number of thiazole rings is 1. The highest BCUT2D eigenvalue weighted by Crippen LogP contribution is 2.28. The van der Waals surface area contributed by atoms with E-state index < -0.39 is 35.4 Å². The Balaban J connectivity index is 1.63. The van der Waals surface area contributed by atoms with E-state index in [1.807, 2.05) is 57.5 Å². The molecule has 11 heteroatoms. The van der Waals surface area contributed by atoms with Gasteiger partial charge in [0.15, 0.2) is 0 Å². The average Bonchev–Trinajstić information content (AvgIpc) is 3.48. The maximum absolute atomic E-state index is 13.6. The van der Waals surface area contributed by atoms with Crippen molar-refractivity contribution in [3.05, 3.63) is 41.0 Å². The van der Waals surface area contributed by atoms with Crippen LogP contribution in [0.15, 0.2) is 29.8 Å². The molecule has 208 valence electrons. The number of nitrogens with one attached hydrogen (secondary N) is 2. The van der Waals surface area contributed by atoms with E-state index in [9.17, 15) is 19.5 Å². The molecule has 0 bridgehead atoms. The summed E-state index contributed by atoms with van der Waals surface area (Å²) in [6.07, 6.45) is -0.307. The number of amides is 3. The van der Waals surface area contributed by atoms with Crippen molar-refractivity contribution in [2.24, 2.45) is 5.41 Å². The summed E-state index contributed by atoms with van der Waals surface area (Å²) in [4.78, 5) is 45.9. The lowest BCUT2D eigenvalue weighted by molar-refractivity contribution is -0.144. The molecule has 0 spiro atoms. The molecule has 1 aliphatic heterocycles. The monoisotopic (exact) mass is 546 g/mol. The number of carbonyl (C=O) groups is 3. The summed E-state index contributed by atoms with van der Waals surface area (Å²) in [5, 5.41) is 24.8. The lowest BCUT2D eigenvalue weighted by Gasteiger charge is -2.35. The zero-order chi connectivity index (χ0) is 27.9. The first-order valence-electron chi connectivity index (χ1n) is 12.7. The topological polar surface area (TPSA) is 141 Å². The Bertz CT molecular complexity index is 1100. The highest BCUT2D eigenvalue weighted by atomic mass is 32.1. The number of aromatic nitrogens is 1. The Labute approximate surface area is 227 Å². The van der Waals surface area contributed by atoms with Gasteiger partial charge in [-0.3, -0.25) is 14.4 Å². The van der Waals surface area contributed by atoms with E-state index in [4.69, 9.17) is 9.84 Å². The number of rotatable bonds is 11. The smallest absolute Gasteiger partial charge is 0.246 e. The molecule has 4 N–H and O–H groups in total. The Kier molecular flexibility index (Phi) is 10.4. The van der Waals surface area contributed by atoms with Crippen LogP contribution in [0.5, 0.6) is 0 Å². The quantitative estimate of drug-likeness (QED) is 0.314. The third-order valence-electron chi connectivity index (χ3n) is 6.39. The van der Waals surface area contributed by atoms with E-state index in [0.29, 0.717) is 6.42 Å². The molecular weight excluding hydrogens is 508 g/mol. The molecule has 38 heavy (non-hydrogen) atoms. The van der Waals surface area contributed by atoms with Gasteiger partial charge < -0.3 is 30.5 Å². The molecule has 3 unspecified atom stereocenters. The van der Waals surface area contributed by atoms with Gasteiger partial charge in [0.1, 0.15) is 18.7 Å². The molecular formula is C27H38N4O6S. The van der Waals surface area contributed by atoms with Crippen molar-refractivity contribution in [3.63, 3.8) is 0 Å². The van der Waals surface area contributed by atoms with Crippen molar-refractivity contribution >= 4 is 29.1 Å². The van der Waals surface area contributed by atoms with Gasteiger partial charge in [0, 0.05) is 32.7 Å². The van der Waals surface area contributed by atoms with Crippen molar-refractivity contribution in [2.75, 3.05) is 26.4 Å². The second kappa shape index (κ2) is 13.3. The van der Waals surface area contributed by atoms with Crippen LogP contribution in [0.1, 0.15) is 44.9 Å². The zero-order valence-electron chi connectivity index (χ0n) is 22.4. The summed E-state index contributed by atoms with van der Waals surface area (Å²) in [5.74, 6) is -1.25. The second-order valence-electron chi connectivity index (χ2n) is 10.6. The van der Waals surface area contributed by atoms with Crippen molar-refractivity contribution in [3.8, 4) is 10.4 Å². The Morgan fingerprint density at radius 1 is 1.24 bits per heavy atom. The van der Waals surface area contributed by atoms with Crippen molar-refractivity contribution < 1.29 is 29.3 Å². The van der Waals surface area contributed by atoms with Crippen molar-refractivity contribution in [1.29, 1.82) is 0 Å². The molecule has 3 atom stereocenters. The fraction of sp³-hybridized carbons (Fsp3) is 0.556. The van der Waals surface area contributed by atoms with Gasteiger partial charge in [0.2, 0.25) is 17.7 Å². The van der Waals surface area contributed by atoms with Crippen LogP contribution in [0.2, 0.25) is 0 Å². The predicted octanol–water partition coefficient (Wildman–Crippen LogP) is 1.63. The highest BCUT2D eigenvalue weighted by molar-refractivity contribution is 7.13. The van der Waals surface area contributed by atoms with Gasteiger partial charge in [-0.15, -0.1) is 11.3 Å². The van der Waals surface area contributed by atoms with Crippen LogP contribution < -0.4 is 10.6 Å². The number of hydrogen-bond acceptors (Lipinski definition) is 8. The number of benzene rings is 1. The van der Waals surface area contributed by atoms with E-state index in [-0.39, 0.29) is 45.2 Å². The number of aliphatic hydroxyl groups is 2. The summed E-state index contributed by atoms with van der Waals surface area (Å²) in [5.41, 5.74) is 4.10. The lowest BCUT2D eigenvalue weighted by Crippen LogP contribution is -2.58. The van der Waals surface area contributed by atoms with Crippen LogP contribution in [-0.4, -0.2) is 82.4 Å². The third-order valence-corrected chi connectivity index (χ3v) is 7.37. The molecule has 0 radical (unpaired) electrons. The number of hydrogen-bond donors (Lipinski definition) is 4. The van der Waals surface area contributed by atoms with E-state index >= 15 is 0 Å². The molecule has 2 aromatic rings.